The van der Waals surface area contributed by atoms with Crippen molar-refractivity contribution < 1.29 is 9.26 Å². The second kappa shape index (κ2) is 12.0. The number of para-hydroxylation sites is 1. The number of hydrogen-bond acceptors (Lipinski definition) is 6. The molecule has 1 aliphatic heterocycles. The average molecular weight is 514 g/mol. The molecule has 0 radical (unpaired) electrons. The number of halogens is 1. The summed E-state index contributed by atoms with van der Waals surface area (Å²) in [6.07, 6.45) is 2.08. The molecule has 0 aliphatic carbocycles. The van der Waals surface area contributed by atoms with E-state index in [1.807, 2.05) is 19.9 Å². The molecule has 1 aliphatic rings. The maximum Gasteiger partial charge on any atom is 0.246 e. The third-order valence-electron chi connectivity index (χ3n) is 4.78. The van der Waals surface area contributed by atoms with Crippen molar-refractivity contribution in [2.75, 3.05) is 31.6 Å². The van der Waals surface area contributed by atoms with Crippen LogP contribution < -0.4 is 15.5 Å². The van der Waals surface area contributed by atoms with Gasteiger partial charge in [-0.05, 0) is 38.8 Å². The molecular weight excluding hydrogens is 483 g/mol. The molecule has 1 fully saturated rings. The molecule has 1 saturated heterocycles. The van der Waals surface area contributed by atoms with Gasteiger partial charge >= 0.3 is 0 Å². The summed E-state index contributed by atoms with van der Waals surface area (Å²) < 4.78 is 10.8. The van der Waals surface area contributed by atoms with E-state index in [-0.39, 0.29) is 30.1 Å². The number of aliphatic imine (C=N–C) groups is 1. The zero-order valence-corrected chi connectivity index (χ0v) is 19.6. The molecule has 2 N–H and O–H groups in total. The van der Waals surface area contributed by atoms with Crippen LogP contribution in [0.5, 0.6) is 0 Å². The van der Waals surface area contributed by atoms with E-state index in [9.17, 15) is 0 Å². The van der Waals surface area contributed by atoms with E-state index in [2.05, 4.69) is 54.9 Å². The van der Waals surface area contributed by atoms with Crippen LogP contribution in [0.15, 0.2) is 39.8 Å². The van der Waals surface area contributed by atoms with E-state index >= 15 is 0 Å². The van der Waals surface area contributed by atoms with E-state index in [0.717, 1.165) is 31.9 Å². The molecule has 8 nitrogen and oxygen atoms in total. The SMILES string of the molecule is CCOC(C)c1noc(CNC(=NC)NC2CCCN(c3ccccc3)C2)n1.I. The molecule has 1 aromatic carbocycles. The largest absolute Gasteiger partial charge is 0.371 e. The van der Waals surface area contributed by atoms with Crippen LogP contribution in [0, 0.1) is 0 Å². The Morgan fingerprint density at radius 1 is 1.38 bits per heavy atom. The molecule has 9 heteroatoms. The fourth-order valence-electron chi connectivity index (χ4n) is 3.35. The fraction of sp³-hybridized carbons (Fsp3) is 0.550. The highest BCUT2D eigenvalue weighted by molar-refractivity contribution is 14.0. The first kappa shape index (κ1) is 23.4. The molecule has 0 spiro atoms. The summed E-state index contributed by atoms with van der Waals surface area (Å²) in [6.45, 7) is 6.91. The van der Waals surface area contributed by atoms with Gasteiger partial charge in [-0.2, -0.15) is 4.98 Å². The number of ether oxygens (including phenoxy) is 1. The summed E-state index contributed by atoms with van der Waals surface area (Å²) in [7, 11) is 1.77. The lowest BCUT2D eigenvalue weighted by atomic mass is 10.1. The van der Waals surface area contributed by atoms with Crippen LogP contribution in [-0.2, 0) is 11.3 Å². The molecule has 2 atom stereocenters. The lowest BCUT2D eigenvalue weighted by Crippen LogP contribution is -2.51. The average Bonchev–Trinajstić information content (AvgIpc) is 3.21. The highest BCUT2D eigenvalue weighted by atomic mass is 127. The third kappa shape index (κ3) is 6.84. The Kier molecular flexibility index (Phi) is 9.65. The van der Waals surface area contributed by atoms with Gasteiger partial charge in [-0.25, -0.2) is 0 Å². The Bertz CT molecular complexity index is 754. The molecule has 1 aromatic heterocycles. The Hall–Kier alpha value is -1.88. The first-order valence-corrected chi connectivity index (χ1v) is 9.90. The molecule has 3 rings (SSSR count). The second-order valence-corrected chi connectivity index (χ2v) is 6.83. The molecule has 2 unspecified atom stereocenters. The fourth-order valence-corrected chi connectivity index (χ4v) is 3.35. The molecule has 160 valence electrons. The number of piperidine rings is 1. The van der Waals surface area contributed by atoms with Gasteiger partial charge < -0.3 is 24.8 Å². The number of aromatic nitrogens is 2. The van der Waals surface area contributed by atoms with Crippen molar-refractivity contribution in [3.8, 4) is 0 Å². The molecule has 29 heavy (non-hydrogen) atoms. The van der Waals surface area contributed by atoms with Crippen molar-refractivity contribution in [2.45, 2.75) is 45.4 Å². The number of nitrogens with one attached hydrogen (secondary N) is 2. The van der Waals surface area contributed by atoms with Gasteiger partial charge in [0.15, 0.2) is 11.8 Å². The van der Waals surface area contributed by atoms with Gasteiger partial charge in [-0.15, -0.1) is 24.0 Å². The highest BCUT2D eigenvalue weighted by Gasteiger charge is 2.21. The number of rotatable bonds is 7. The summed E-state index contributed by atoms with van der Waals surface area (Å²) in [5.74, 6) is 1.81. The van der Waals surface area contributed by atoms with Gasteiger partial charge in [-0.1, -0.05) is 23.4 Å². The molecule has 0 bridgehead atoms. The summed E-state index contributed by atoms with van der Waals surface area (Å²) in [6, 6.07) is 10.9. The lowest BCUT2D eigenvalue weighted by molar-refractivity contribution is 0.0683. The van der Waals surface area contributed by atoms with Crippen LogP contribution in [0.25, 0.3) is 0 Å². The predicted octanol–water partition coefficient (Wildman–Crippen LogP) is 3.12. The molecule has 0 saturated carbocycles. The van der Waals surface area contributed by atoms with Gasteiger partial charge in [-0.3, -0.25) is 4.99 Å². The van der Waals surface area contributed by atoms with Crippen LogP contribution in [-0.4, -0.2) is 48.9 Å². The quantitative estimate of drug-likeness (QED) is 0.334. The number of anilines is 1. The normalized spacial score (nSPS) is 18.1. The third-order valence-corrected chi connectivity index (χ3v) is 4.78. The van der Waals surface area contributed by atoms with Crippen molar-refractivity contribution in [1.82, 2.24) is 20.8 Å². The van der Waals surface area contributed by atoms with E-state index < -0.39 is 0 Å². The van der Waals surface area contributed by atoms with Crippen LogP contribution in [0.3, 0.4) is 0 Å². The first-order valence-electron chi connectivity index (χ1n) is 9.90. The summed E-state index contributed by atoms with van der Waals surface area (Å²) in [4.78, 5) is 11.1. The van der Waals surface area contributed by atoms with Crippen molar-refractivity contribution in [2.24, 2.45) is 4.99 Å². The highest BCUT2D eigenvalue weighted by Crippen LogP contribution is 2.19. The number of nitrogens with zero attached hydrogens (tertiary/aromatic N) is 4. The van der Waals surface area contributed by atoms with E-state index in [4.69, 9.17) is 9.26 Å². The zero-order chi connectivity index (χ0) is 19.8. The molecule has 2 heterocycles. The van der Waals surface area contributed by atoms with Gasteiger partial charge in [0.2, 0.25) is 5.89 Å². The maximum absolute atomic E-state index is 5.49. The van der Waals surface area contributed by atoms with Gasteiger partial charge in [0, 0.05) is 38.5 Å². The summed E-state index contributed by atoms with van der Waals surface area (Å²) in [5.41, 5.74) is 1.26. The first-order chi connectivity index (χ1) is 13.7. The second-order valence-electron chi connectivity index (χ2n) is 6.83. The maximum atomic E-state index is 5.49. The minimum Gasteiger partial charge on any atom is -0.371 e. The van der Waals surface area contributed by atoms with Crippen LogP contribution >= 0.6 is 24.0 Å². The van der Waals surface area contributed by atoms with Crippen molar-refractivity contribution in [3.63, 3.8) is 0 Å². The van der Waals surface area contributed by atoms with Crippen LogP contribution in [0.4, 0.5) is 5.69 Å². The van der Waals surface area contributed by atoms with Gasteiger partial charge in [0.1, 0.15) is 6.10 Å². The topological polar surface area (TPSA) is 87.8 Å². The Labute approximate surface area is 189 Å². The van der Waals surface area contributed by atoms with Crippen molar-refractivity contribution in [3.05, 3.63) is 42.0 Å². The number of benzene rings is 1. The Morgan fingerprint density at radius 2 is 2.17 bits per heavy atom. The van der Waals surface area contributed by atoms with Gasteiger partial charge in [0.25, 0.3) is 0 Å². The monoisotopic (exact) mass is 514 g/mol. The minimum absolute atomic E-state index is 0. The summed E-state index contributed by atoms with van der Waals surface area (Å²) >= 11 is 0. The smallest absolute Gasteiger partial charge is 0.246 e. The molecule has 2 aromatic rings. The van der Waals surface area contributed by atoms with Crippen molar-refractivity contribution >= 4 is 35.6 Å². The molecule has 0 amide bonds. The number of guanidine groups is 1. The van der Waals surface area contributed by atoms with Gasteiger partial charge in [0.05, 0.1) is 6.54 Å². The van der Waals surface area contributed by atoms with E-state index in [1.165, 1.54) is 5.69 Å². The van der Waals surface area contributed by atoms with E-state index in [1.54, 1.807) is 7.05 Å². The minimum atomic E-state index is -0.175. The molecular formula is C20H31IN6O2. The lowest BCUT2D eigenvalue weighted by Gasteiger charge is -2.35. The predicted molar refractivity (Wildman–Crippen MR) is 125 cm³/mol. The summed E-state index contributed by atoms with van der Waals surface area (Å²) in [5, 5.41) is 10.7. The van der Waals surface area contributed by atoms with Crippen LogP contribution in [0.2, 0.25) is 0 Å². The van der Waals surface area contributed by atoms with E-state index in [0.29, 0.717) is 30.9 Å². The van der Waals surface area contributed by atoms with Crippen molar-refractivity contribution in [1.29, 1.82) is 0 Å². The zero-order valence-electron chi connectivity index (χ0n) is 17.3. The Morgan fingerprint density at radius 3 is 2.90 bits per heavy atom. The van der Waals surface area contributed by atoms with Crippen LogP contribution in [0.1, 0.15) is 44.5 Å². The number of hydrogen-bond donors (Lipinski definition) is 2. The Balaban J connectivity index is 0.00000300. The standard InChI is InChI=1S/C20H30N6O2.HI/c1-4-27-15(2)19-24-18(28-25-19)13-22-20(21-3)23-16-9-8-12-26(14-16)17-10-6-5-7-11-17;/h5-7,10-11,15-16H,4,8-9,12-14H2,1-3H3,(H2,21,22,23);1H.